The molecule has 0 bridgehead atoms. The number of hydrogen-bond donors (Lipinski definition) is 1. The second-order valence-electron chi connectivity index (χ2n) is 5.41. The summed E-state index contributed by atoms with van der Waals surface area (Å²) in [6.45, 7) is 0. The van der Waals surface area contributed by atoms with E-state index in [-0.39, 0.29) is 5.82 Å². The first-order valence-corrected chi connectivity index (χ1v) is 7.65. The maximum absolute atomic E-state index is 13.4. The molecule has 0 unspecified atom stereocenters. The minimum Gasteiger partial charge on any atom is -0.398 e. The predicted octanol–water partition coefficient (Wildman–Crippen LogP) is 4.52. The largest absolute Gasteiger partial charge is 0.398 e. The fourth-order valence-electron chi connectivity index (χ4n) is 2.64. The van der Waals surface area contributed by atoms with Gasteiger partial charge in [-0.15, -0.1) is 0 Å². The van der Waals surface area contributed by atoms with E-state index in [1.54, 1.807) is 0 Å². The van der Waals surface area contributed by atoms with Crippen molar-refractivity contribution in [3.8, 4) is 11.4 Å². The van der Waals surface area contributed by atoms with Gasteiger partial charge in [-0.1, -0.05) is 0 Å². The molecule has 106 valence electrons. The van der Waals surface area contributed by atoms with Gasteiger partial charge >= 0.3 is 0 Å². The molecule has 0 amide bonds. The molecule has 3 aromatic rings. The maximum atomic E-state index is 13.4. The van der Waals surface area contributed by atoms with Gasteiger partial charge in [0.2, 0.25) is 0 Å². The van der Waals surface area contributed by atoms with Crippen LogP contribution >= 0.6 is 15.9 Å². The third-order valence-electron chi connectivity index (χ3n) is 3.82. The number of fused-ring (bicyclic) bond motifs is 1. The molecule has 1 heterocycles. The molecular formula is C16H13BrFN3. The average Bonchev–Trinajstić information content (AvgIpc) is 3.22. The van der Waals surface area contributed by atoms with Crippen molar-refractivity contribution >= 4 is 32.7 Å². The average molecular weight is 346 g/mol. The molecule has 4 rings (SSSR count). The summed E-state index contributed by atoms with van der Waals surface area (Å²) in [6.07, 6.45) is 2.29. The van der Waals surface area contributed by atoms with Crippen molar-refractivity contribution in [1.29, 1.82) is 0 Å². The molecule has 1 aliphatic carbocycles. The van der Waals surface area contributed by atoms with E-state index in [0.717, 1.165) is 34.2 Å². The van der Waals surface area contributed by atoms with E-state index in [4.69, 9.17) is 5.73 Å². The quantitative estimate of drug-likeness (QED) is 0.693. The molecule has 1 aromatic heterocycles. The van der Waals surface area contributed by atoms with Gasteiger partial charge in [0.25, 0.3) is 0 Å². The van der Waals surface area contributed by atoms with E-state index in [9.17, 15) is 4.39 Å². The van der Waals surface area contributed by atoms with Crippen molar-refractivity contribution in [2.45, 2.75) is 18.9 Å². The van der Waals surface area contributed by atoms with Gasteiger partial charge in [0.05, 0.1) is 11.0 Å². The summed E-state index contributed by atoms with van der Waals surface area (Å²) in [5, 5.41) is 0. The third kappa shape index (κ3) is 2.12. The van der Waals surface area contributed by atoms with Crippen LogP contribution in [0.5, 0.6) is 0 Å². The Morgan fingerprint density at radius 3 is 2.71 bits per heavy atom. The molecular weight excluding hydrogens is 333 g/mol. The van der Waals surface area contributed by atoms with Gasteiger partial charge in [-0.25, -0.2) is 9.37 Å². The van der Waals surface area contributed by atoms with Gasteiger partial charge in [-0.05, 0) is 59.1 Å². The van der Waals surface area contributed by atoms with Crippen LogP contribution in [0.4, 0.5) is 10.1 Å². The van der Waals surface area contributed by atoms with Crippen LogP contribution in [0.2, 0.25) is 0 Å². The second-order valence-corrected chi connectivity index (χ2v) is 6.26. The van der Waals surface area contributed by atoms with Gasteiger partial charge in [-0.2, -0.15) is 0 Å². The number of nitrogens with zero attached hydrogens (tertiary/aromatic N) is 2. The molecule has 0 saturated heterocycles. The zero-order valence-electron chi connectivity index (χ0n) is 11.2. The predicted molar refractivity (Wildman–Crippen MR) is 85.5 cm³/mol. The van der Waals surface area contributed by atoms with Crippen LogP contribution in [0, 0.1) is 5.82 Å². The highest BCUT2D eigenvalue weighted by Gasteiger charge is 2.28. The zero-order valence-corrected chi connectivity index (χ0v) is 12.8. The number of halogens is 2. The van der Waals surface area contributed by atoms with Crippen LogP contribution < -0.4 is 5.73 Å². The molecule has 2 N–H and O–H groups in total. The van der Waals surface area contributed by atoms with Crippen molar-refractivity contribution in [3.63, 3.8) is 0 Å². The second kappa shape index (κ2) is 4.56. The number of anilines is 1. The Bertz CT molecular complexity index is 852. The Labute approximate surface area is 129 Å². The lowest BCUT2D eigenvalue weighted by Crippen LogP contribution is -1.98. The highest BCUT2D eigenvalue weighted by molar-refractivity contribution is 9.10. The van der Waals surface area contributed by atoms with Crippen LogP contribution in [0.15, 0.2) is 40.9 Å². The monoisotopic (exact) mass is 345 g/mol. The summed E-state index contributed by atoms with van der Waals surface area (Å²) < 4.78 is 16.5. The van der Waals surface area contributed by atoms with Crippen LogP contribution in [-0.4, -0.2) is 9.55 Å². The number of nitrogen functional groups attached to an aromatic ring is 1. The van der Waals surface area contributed by atoms with Gasteiger partial charge < -0.3 is 10.3 Å². The van der Waals surface area contributed by atoms with E-state index in [1.807, 2.05) is 24.3 Å². The minimum atomic E-state index is -0.256. The molecule has 0 atom stereocenters. The number of benzene rings is 2. The Morgan fingerprint density at radius 2 is 2.00 bits per heavy atom. The number of rotatable bonds is 2. The SMILES string of the molecule is Nc1ccc(-c2nc3cc(F)ccc3n2C2CC2)cc1Br. The molecule has 1 saturated carbocycles. The zero-order chi connectivity index (χ0) is 14.6. The van der Waals surface area contributed by atoms with E-state index in [1.165, 1.54) is 12.1 Å². The van der Waals surface area contributed by atoms with E-state index in [2.05, 4.69) is 25.5 Å². The van der Waals surface area contributed by atoms with Crippen molar-refractivity contribution in [3.05, 3.63) is 46.7 Å². The van der Waals surface area contributed by atoms with E-state index >= 15 is 0 Å². The summed E-state index contributed by atoms with van der Waals surface area (Å²) in [5.41, 5.74) is 9.21. The lowest BCUT2D eigenvalue weighted by Gasteiger charge is -2.08. The van der Waals surface area contributed by atoms with Gasteiger partial charge in [-0.3, -0.25) is 0 Å². The summed E-state index contributed by atoms with van der Waals surface area (Å²) in [5.74, 6) is 0.617. The molecule has 5 heteroatoms. The fraction of sp³-hybridized carbons (Fsp3) is 0.188. The molecule has 0 radical (unpaired) electrons. The fourth-order valence-corrected chi connectivity index (χ4v) is 3.02. The van der Waals surface area contributed by atoms with E-state index < -0.39 is 0 Å². The van der Waals surface area contributed by atoms with Crippen molar-refractivity contribution in [1.82, 2.24) is 9.55 Å². The Hall–Kier alpha value is -1.88. The molecule has 0 spiro atoms. The third-order valence-corrected chi connectivity index (χ3v) is 4.51. The summed E-state index contributed by atoms with van der Waals surface area (Å²) in [6, 6.07) is 11.0. The normalized spacial score (nSPS) is 14.8. The van der Waals surface area contributed by atoms with E-state index in [0.29, 0.717) is 17.2 Å². The lowest BCUT2D eigenvalue weighted by molar-refractivity contribution is 0.629. The van der Waals surface area contributed by atoms with Crippen LogP contribution in [-0.2, 0) is 0 Å². The van der Waals surface area contributed by atoms with Crippen LogP contribution in [0.25, 0.3) is 22.4 Å². The first-order valence-electron chi connectivity index (χ1n) is 6.86. The highest BCUT2D eigenvalue weighted by Crippen LogP contribution is 2.41. The van der Waals surface area contributed by atoms with Gasteiger partial charge in [0.15, 0.2) is 0 Å². The Balaban J connectivity index is 1.98. The highest BCUT2D eigenvalue weighted by atomic mass is 79.9. The molecule has 21 heavy (non-hydrogen) atoms. The smallest absolute Gasteiger partial charge is 0.141 e. The maximum Gasteiger partial charge on any atom is 0.141 e. The number of nitrogens with two attached hydrogens (primary N) is 1. The van der Waals surface area contributed by atoms with Crippen LogP contribution in [0.3, 0.4) is 0 Å². The first-order chi connectivity index (χ1) is 10.1. The first kappa shape index (κ1) is 12.8. The minimum absolute atomic E-state index is 0.256. The molecule has 3 nitrogen and oxygen atoms in total. The topological polar surface area (TPSA) is 43.8 Å². The standard InChI is InChI=1S/C16H13BrFN3/c17-12-7-9(1-5-13(12)19)16-20-14-8-10(18)2-6-15(14)21(16)11-3-4-11/h1-2,5-8,11H,3-4,19H2. The van der Waals surface area contributed by atoms with Crippen molar-refractivity contribution in [2.75, 3.05) is 5.73 Å². The Morgan fingerprint density at radius 1 is 1.19 bits per heavy atom. The van der Waals surface area contributed by atoms with Crippen molar-refractivity contribution in [2.24, 2.45) is 0 Å². The van der Waals surface area contributed by atoms with Crippen LogP contribution in [0.1, 0.15) is 18.9 Å². The number of hydrogen-bond acceptors (Lipinski definition) is 2. The summed E-state index contributed by atoms with van der Waals surface area (Å²) >= 11 is 3.45. The number of aromatic nitrogens is 2. The Kier molecular flexibility index (Phi) is 2.79. The summed E-state index contributed by atoms with van der Waals surface area (Å²) in [4.78, 5) is 4.64. The molecule has 1 fully saturated rings. The summed E-state index contributed by atoms with van der Waals surface area (Å²) in [7, 11) is 0. The van der Waals surface area contributed by atoms with Gasteiger partial charge in [0, 0.05) is 27.8 Å². The number of imidazole rings is 1. The molecule has 2 aromatic carbocycles. The molecule has 0 aliphatic heterocycles. The van der Waals surface area contributed by atoms with Crippen molar-refractivity contribution < 1.29 is 4.39 Å². The lowest BCUT2D eigenvalue weighted by atomic mass is 10.2. The molecule has 1 aliphatic rings. The van der Waals surface area contributed by atoms with Gasteiger partial charge in [0.1, 0.15) is 11.6 Å².